The molecule has 1 aromatic heterocycles. The summed E-state index contributed by atoms with van der Waals surface area (Å²) in [7, 11) is -4.59. The topological polar surface area (TPSA) is 74.8 Å². The van der Waals surface area contributed by atoms with E-state index in [2.05, 4.69) is 10.2 Å². The van der Waals surface area contributed by atoms with Crippen molar-refractivity contribution in [1.82, 2.24) is 10.2 Å². The van der Waals surface area contributed by atoms with Crippen molar-refractivity contribution >= 4 is 26.6 Å². The highest BCUT2D eigenvalue weighted by Crippen LogP contribution is 2.29. The van der Waals surface area contributed by atoms with Crippen LogP contribution in [0.2, 0.25) is 0 Å². The third kappa shape index (κ3) is 4.08. The van der Waals surface area contributed by atoms with Crippen molar-refractivity contribution in [3.8, 4) is 11.3 Å². The molecule has 0 saturated heterocycles. The molecule has 3 rings (SSSR count). The Morgan fingerprint density at radius 2 is 1.88 bits per heavy atom. The van der Waals surface area contributed by atoms with E-state index >= 15 is 0 Å². The summed E-state index contributed by atoms with van der Waals surface area (Å²) in [4.78, 5) is 0. The van der Waals surface area contributed by atoms with Crippen molar-refractivity contribution in [2.24, 2.45) is 0 Å². The number of hydrogen-bond donors (Lipinski definition) is 2. The molecule has 3 aromatic rings. The van der Waals surface area contributed by atoms with Gasteiger partial charge in [0.05, 0.1) is 5.52 Å². The SMILES string of the molecule is O=S(=O)(CC(F)(F)F)Nc1ccc2[nH]nc(-c3cccc(F)c3)c2c1. The zero-order chi connectivity index (χ0) is 18.2. The number of nitrogens with one attached hydrogen (secondary N) is 2. The summed E-state index contributed by atoms with van der Waals surface area (Å²) in [5.41, 5.74) is 1.28. The molecule has 132 valence electrons. The number of aromatic amines is 1. The number of aromatic nitrogens is 2. The van der Waals surface area contributed by atoms with Gasteiger partial charge in [-0.15, -0.1) is 0 Å². The predicted octanol–water partition coefficient (Wildman–Crippen LogP) is 3.67. The molecule has 0 aliphatic heterocycles. The maximum absolute atomic E-state index is 13.4. The van der Waals surface area contributed by atoms with Crippen LogP contribution in [0.5, 0.6) is 0 Å². The normalized spacial score (nSPS) is 12.5. The summed E-state index contributed by atoms with van der Waals surface area (Å²) in [6.45, 7) is 0. The summed E-state index contributed by atoms with van der Waals surface area (Å²) in [6, 6.07) is 9.72. The van der Waals surface area contributed by atoms with Crippen LogP contribution in [-0.2, 0) is 10.0 Å². The third-order valence-corrected chi connectivity index (χ3v) is 4.54. The number of H-pyrrole nitrogens is 1. The lowest BCUT2D eigenvalue weighted by Gasteiger charge is -2.10. The number of hydrogen-bond acceptors (Lipinski definition) is 3. The molecule has 10 heteroatoms. The molecular weight excluding hydrogens is 362 g/mol. The summed E-state index contributed by atoms with van der Waals surface area (Å²) in [6.07, 6.45) is -4.85. The molecule has 0 spiro atoms. The number of benzene rings is 2. The second-order valence-corrected chi connectivity index (χ2v) is 7.04. The van der Waals surface area contributed by atoms with E-state index in [4.69, 9.17) is 0 Å². The molecule has 0 aliphatic rings. The molecule has 25 heavy (non-hydrogen) atoms. The fraction of sp³-hybridized carbons (Fsp3) is 0.133. The Bertz CT molecular complexity index is 1030. The zero-order valence-corrected chi connectivity index (χ0v) is 13.2. The van der Waals surface area contributed by atoms with E-state index in [-0.39, 0.29) is 5.69 Å². The molecule has 0 atom stereocenters. The second-order valence-electron chi connectivity index (χ2n) is 5.32. The quantitative estimate of drug-likeness (QED) is 0.685. The predicted molar refractivity (Wildman–Crippen MR) is 85.0 cm³/mol. The van der Waals surface area contributed by atoms with Gasteiger partial charge in [0.25, 0.3) is 0 Å². The number of anilines is 1. The van der Waals surface area contributed by atoms with Crippen molar-refractivity contribution < 1.29 is 26.0 Å². The van der Waals surface area contributed by atoms with Gasteiger partial charge in [-0.25, -0.2) is 12.8 Å². The first-order chi connectivity index (χ1) is 11.6. The number of alkyl halides is 3. The van der Waals surface area contributed by atoms with Gasteiger partial charge in [-0.1, -0.05) is 12.1 Å². The van der Waals surface area contributed by atoms with Crippen molar-refractivity contribution in [2.45, 2.75) is 6.18 Å². The van der Waals surface area contributed by atoms with Crippen molar-refractivity contribution in [2.75, 3.05) is 10.5 Å². The lowest BCUT2D eigenvalue weighted by molar-refractivity contribution is -0.106. The molecule has 5 nitrogen and oxygen atoms in total. The third-order valence-electron chi connectivity index (χ3n) is 3.29. The van der Waals surface area contributed by atoms with Gasteiger partial charge in [0.1, 0.15) is 11.5 Å². The van der Waals surface area contributed by atoms with Gasteiger partial charge < -0.3 is 0 Å². The lowest BCUT2D eigenvalue weighted by atomic mass is 10.1. The largest absolute Gasteiger partial charge is 0.404 e. The van der Waals surface area contributed by atoms with Gasteiger partial charge in [-0.3, -0.25) is 9.82 Å². The Morgan fingerprint density at radius 1 is 1.12 bits per heavy atom. The molecule has 1 heterocycles. The van der Waals surface area contributed by atoms with Crippen LogP contribution in [0.25, 0.3) is 22.2 Å². The Labute approximate surface area is 139 Å². The number of nitrogens with zero attached hydrogens (tertiary/aromatic N) is 1. The molecule has 0 radical (unpaired) electrons. The van der Waals surface area contributed by atoms with Gasteiger partial charge in [0, 0.05) is 16.6 Å². The first-order valence-corrected chi connectivity index (χ1v) is 8.59. The Morgan fingerprint density at radius 3 is 2.56 bits per heavy atom. The fourth-order valence-corrected chi connectivity index (χ4v) is 3.35. The zero-order valence-electron chi connectivity index (χ0n) is 12.4. The van der Waals surface area contributed by atoms with Gasteiger partial charge in [0.2, 0.25) is 10.0 Å². The van der Waals surface area contributed by atoms with Crippen molar-refractivity contribution in [1.29, 1.82) is 0 Å². The van der Waals surface area contributed by atoms with E-state index < -0.39 is 27.8 Å². The fourth-order valence-electron chi connectivity index (χ4n) is 2.36. The van der Waals surface area contributed by atoms with E-state index in [1.54, 1.807) is 6.07 Å². The molecular formula is C15H11F4N3O2S. The summed E-state index contributed by atoms with van der Waals surface area (Å²) >= 11 is 0. The van der Waals surface area contributed by atoms with E-state index in [1.807, 2.05) is 4.72 Å². The number of fused-ring (bicyclic) bond motifs is 1. The number of rotatable bonds is 4. The molecule has 0 amide bonds. The minimum atomic E-state index is -4.85. The summed E-state index contributed by atoms with van der Waals surface area (Å²) < 4.78 is 75.4. The monoisotopic (exact) mass is 373 g/mol. The van der Waals surface area contributed by atoms with Gasteiger partial charge in [0.15, 0.2) is 5.75 Å². The van der Waals surface area contributed by atoms with Crippen molar-refractivity contribution in [3.05, 3.63) is 48.3 Å². The molecule has 0 saturated carbocycles. The highest BCUT2D eigenvalue weighted by Gasteiger charge is 2.35. The van der Waals surface area contributed by atoms with Crippen LogP contribution in [0.3, 0.4) is 0 Å². The van der Waals surface area contributed by atoms with Gasteiger partial charge >= 0.3 is 6.18 Å². The van der Waals surface area contributed by atoms with E-state index in [9.17, 15) is 26.0 Å². The average Bonchev–Trinajstić information content (AvgIpc) is 2.87. The van der Waals surface area contributed by atoms with Crippen LogP contribution < -0.4 is 4.72 Å². The Hall–Kier alpha value is -2.62. The van der Waals surface area contributed by atoms with Crippen LogP contribution in [0.1, 0.15) is 0 Å². The highest BCUT2D eigenvalue weighted by molar-refractivity contribution is 7.92. The molecule has 0 aliphatic carbocycles. The Balaban J connectivity index is 1.99. The second kappa shape index (κ2) is 6.03. The minimum Gasteiger partial charge on any atom is -0.283 e. The van der Waals surface area contributed by atoms with Gasteiger partial charge in [-0.2, -0.15) is 18.3 Å². The van der Waals surface area contributed by atoms with E-state index in [1.165, 1.54) is 36.4 Å². The lowest BCUT2D eigenvalue weighted by Crippen LogP contribution is -2.27. The molecule has 2 N–H and O–H groups in total. The molecule has 0 bridgehead atoms. The first-order valence-electron chi connectivity index (χ1n) is 6.94. The van der Waals surface area contributed by atoms with Crippen LogP contribution in [0.15, 0.2) is 42.5 Å². The number of halogens is 4. The van der Waals surface area contributed by atoms with Crippen LogP contribution >= 0.6 is 0 Å². The van der Waals surface area contributed by atoms with Crippen molar-refractivity contribution in [3.63, 3.8) is 0 Å². The molecule has 0 fully saturated rings. The molecule has 0 unspecified atom stereocenters. The van der Waals surface area contributed by atoms with Gasteiger partial charge in [-0.05, 0) is 30.3 Å². The van der Waals surface area contributed by atoms with E-state index in [0.717, 1.165) is 0 Å². The Kier molecular flexibility index (Phi) is 4.15. The van der Waals surface area contributed by atoms with E-state index in [0.29, 0.717) is 22.2 Å². The minimum absolute atomic E-state index is 0.0456. The maximum Gasteiger partial charge on any atom is 0.404 e. The number of sulfonamides is 1. The summed E-state index contributed by atoms with van der Waals surface area (Å²) in [5.74, 6) is -2.46. The van der Waals surface area contributed by atoms with Crippen LogP contribution in [-0.4, -0.2) is 30.5 Å². The standard InChI is InChI=1S/C15H11F4N3O2S/c16-10-3-1-2-9(6-10)14-12-7-11(4-5-13(12)20-21-14)22-25(23,24)8-15(17,18)19/h1-7,22H,8H2,(H,20,21). The smallest absolute Gasteiger partial charge is 0.283 e. The van der Waals surface area contributed by atoms with Crippen LogP contribution in [0.4, 0.5) is 23.2 Å². The average molecular weight is 373 g/mol. The summed E-state index contributed by atoms with van der Waals surface area (Å²) in [5, 5.41) is 7.20. The van der Waals surface area contributed by atoms with Crippen LogP contribution in [0, 0.1) is 5.82 Å². The molecule has 2 aromatic carbocycles. The maximum atomic E-state index is 13.4. The first kappa shape index (κ1) is 17.2. The highest BCUT2D eigenvalue weighted by atomic mass is 32.2.